The number of amidine groups is 1. The Hall–Kier alpha value is -2.37. The van der Waals surface area contributed by atoms with Gasteiger partial charge in [0, 0.05) is 30.2 Å². The molecular formula is C21H22ClN3O2. The van der Waals surface area contributed by atoms with Crippen LogP contribution >= 0.6 is 11.6 Å². The molecule has 2 heterocycles. The standard InChI is InChI=1S/C21H22ClN3O2/c1-27-18-8-2-15(3-9-18)14-25-12-10-21(11-13-25)20(26)23-19(24-21)16-4-6-17(22)7-5-16/h2-9H,10-14H2,1H3,(H,23,24,26). The van der Waals surface area contributed by atoms with E-state index in [0.29, 0.717) is 10.9 Å². The monoisotopic (exact) mass is 383 g/mol. The number of aliphatic imine (C=N–C) groups is 1. The molecule has 6 heteroatoms. The molecule has 1 spiro atoms. The van der Waals surface area contributed by atoms with Crippen LogP contribution in [0.15, 0.2) is 53.5 Å². The summed E-state index contributed by atoms with van der Waals surface area (Å²) in [5.41, 5.74) is 1.50. The lowest BCUT2D eigenvalue weighted by molar-refractivity contribution is -0.125. The van der Waals surface area contributed by atoms with E-state index in [4.69, 9.17) is 21.3 Å². The van der Waals surface area contributed by atoms with Crippen molar-refractivity contribution >= 4 is 23.3 Å². The lowest BCUT2D eigenvalue weighted by Crippen LogP contribution is -2.48. The molecular weight excluding hydrogens is 362 g/mol. The molecule has 4 rings (SSSR count). The maximum Gasteiger partial charge on any atom is 0.253 e. The van der Waals surface area contributed by atoms with Crippen molar-refractivity contribution in [1.82, 2.24) is 10.2 Å². The minimum atomic E-state index is -0.634. The smallest absolute Gasteiger partial charge is 0.253 e. The highest BCUT2D eigenvalue weighted by atomic mass is 35.5. The number of ether oxygens (including phenoxy) is 1. The van der Waals surface area contributed by atoms with Crippen molar-refractivity contribution < 1.29 is 9.53 Å². The fraction of sp³-hybridized carbons (Fsp3) is 0.333. The molecule has 0 radical (unpaired) electrons. The van der Waals surface area contributed by atoms with Gasteiger partial charge in [0.2, 0.25) is 0 Å². The molecule has 140 valence electrons. The molecule has 0 atom stereocenters. The summed E-state index contributed by atoms with van der Waals surface area (Å²) in [6.45, 7) is 2.56. The highest BCUT2D eigenvalue weighted by Crippen LogP contribution is 2.31. The van der Waals surface area contributed by atoms with Crippen molar-refractivity contribution in [2.75, 3.05) is 20.2 Å². The highest BCUT2D eigenvalue weighted by Gasteiger charge is 2.45. The predicted molar refractivity (Wildman–Crippen MR) is 106 cm³/mol. The number of hydrogen-bond acceptors (Lipinski definition) is 4. The second-order valence-electron chi connectivity index (χ2n) is 7.08. The quantitative estimate of drug-likeness (QED) is 0.881. The van der Waals surface area contributed by atoms with E-state index in [1.54, 1.807) is 7.11 Å². The van der Waals surface area contributed by atoms with Gasteiger partial charge in [-0.25, -0.2) is 0 Å². The number of benzene rings is 2. The van der Waals surface area contributed by atoms with Gasteiger partial charge in [-0.3, -0.25) is 14.7 Å². The predicted octanol–water partition coefficient (Wildman–Crippen LogP) is 3.26. The molecule has 0 bridgehead atoms. The number of piperidine rings is 1. The van der Waals surface area contributed by atoms with Gasteiger partial charge in [0.05, 0.1) is 7.11 Å². The third-order valence-corrected chi connectivity index (χ3v) is 5.60. The summed E-state index contributed by atoms with van der Waals surface area (Å²) in [6, 6.07) is 15.5. The summed E-state index contributed by atoms with van der Waals surface area (Å²) >= 11 is 5.95. The zero-order chi connectivity index (χ0) is 18.9. The normalized spacial score (nSPS) is 19.0. The maximum atomic E-state index is 12.7. The molecule has 1 amide bonds. The Bertz CT molecular complexity index is 854. The molecule has 1 fully saturated rings. The Kier molecular flexibility index (Phi) is 4.89. The van der Waals surface area contributed by atoms with E-state index in [9.17, 15) is 4.79 Å². The van der Waals surface area contributed by atoms with Gasteiger partial charge < -0.3 is 10.1 Å². The molecule has 27 heavy (non-hydrogen) atoms. The van der Waals surface area contributed by atoms with Crippen LogP contribution in [0.3, 0.4) is 0 Å². The first-order chi connectivity index (χ1) is 13.1. The van der Waals surface area contributed by atoms with Crippen LogP contribution in [-0.2, 0) is 11.3 Å². The average Bonchev–Trinajstić information content (AvgIpc) is 3.01. The van der Waals surface area contributed by atoms with Crippen LogP contribution in [0.2, 0.25) is 5.02 Å². The van der Waals surface area contributed by atoms with Crippen molar-refractivity contribution in [3.63, 3.8) is 0 Å². The van der Waals surface area contributed by atoms with E-state index >= 15 is 0 Å². The fourth-order valence-corrected chi connectivity index (χ4v) is 3.80. The summed E-state index contributed by atoms with van der Waals surface area (Å²) in [4.78, 5) is 19.8. The van der Waals surface area contributed by atoms with Crippen molar-refractivity contribution in [3.8, 4) is 5.75 Å². The van der Waals surface area contributed by atoms with E-state index in [-0.39, 0.29) is 5.91 Å². The third kappa shape index (κ3) is 3.70. The van der Waals surface area contributed by atoms with E-state index in [0.717, 1.165) is 43.8 Å². The number of hydrogen-bond donors (Lipinski definition) is 1. The topological polar surface area (TPSA) is 53.9 Å². The third-order valence-electron chi connectivity index (χ3n) is 5.35. The number of halogens is 1. The SMILES string of the molecule is COc1ccc(CN2CCC3(CC2)N=C(c2ccc(Cl)cc2)NC3=O)cc1. The lowest BCUT2D eigenvalue weighted by Gasteiger charge is -2.35. The molecule has 2 aromatic rings. The summed E-state index contributed by atoms with van der Waals surface area (Å²) in [5.74, 6) is 1.53. The molecule has 0 saturated carbocycles. The van der Waals surface area contributed by atoms with E-state index in [2.05, 4.69) is 22.3 Å². The van der Waals surface area contributed by atoms with Gasteiger partial charge in [0.1, 0.15) is 17.1 Å². The molecule has 0 aliphatic carbocycles. The average molecular weight is 384 g/mol. The van der Waals surface area contributed by atoms with Crippen LogP contribution in [-0.4, -0.2) is 42.4 Å². The van der Waals surface area contributed by atoms with Gasteiger partial charge >= 0.3 is 0 Å². The number of nitrogens with one attached hydrogen (secondary N) is 1. The summed E-state index contributed by atoms with van der Waals surface area (Å²) in [7, 11) is 1.67. The summed E-state index contributed by atoms with van der Waals surface area (Å²) in [5, 5.41) is 3.63. The van der Waals surface area contributed by atoms with Crippen LogP contribution in [0.5, 0.6) is 5.75 Å². The van der Waals surface area contributed by atoms with Crippen molar-refractivity contribution in [2.45, 2.75) is 24.9 Å². The Labute approximate surface area is 164 Å². The van der Waals surface area contributed by atoms with Gasteiger partial charge in [0.25, 0.3) is 5.91 Å². The van der Waals surface area contributed by atoms with Crippen LogP contribution < -0.4 is 10.1 Å². The molecule has 2 aliphatic rings. The van der Waals surface area contributed by atoms with Crippen molar-refractivity contribution in [2.24, 2.45) is 4.99 Å². The van der Waals surface area contributed by atoms with Crippen LogP contribution in [0, 0.1) is 0 Å². The zero-order valence-corrected chi connectivity index (χ0v) is 16.0. The van der Waals surface area contributed by atoms with E-state index < -0.39 is 5.54 Å². The fourth-order valence-electron chi connectivity index (χ4n) is 3.67. The minimum Gasteiger partial charge on any atom is -0.497 e. The Morgan fingerprint density at radius 1 is 1.11 bits per heavy atom. The molecule has 5 nitrogen and oxygen atoms in total. The molecule has 2 aromatic carbocycles. The van der Waals surface area contributed by atoms with E-state index in [1.165, 1.54) is 5.56 Å². The zero-order valence-electron chi connectivity index (χ0n) is 15.2. The van der Waals surface area contributed by atoms with Gasteiger partial charge in [-0.1, -0.05) is 23.7 Å². The molecule has 0 aromatic heterocycles. The summed E-state index contributed by atoms with van der Waals surface area (Å²) < 4.78 is 5.21. The number of carbonyl (C=O) groups is 1. The Balaban J connectivity index is 1.42. The molecule has 1 saturated heterocycles. The number of nitrogens with zero attached hydrogens (tertiary/aromatic N) is 2. The van der Waals surface area contributed by atoms with Gasteiger partial charge in [-0.05, 0) is 54.8 Å². The Morgan fingerprint density at radius 2 is 1.78 bits per heavy atom. The molecule has 1 N–H and O–H groups in total. The van der Waals surface area contributed by atoms with Crippen LogP contribution in [0.25, 0.3) is 0 Å². The van der Waals surface area contributed by atoms with E-state index in [1.807, 2.05) is 36.4 Å². The molecule has 2 aliphatic heterocycles. The molecule has 0 unspecified atom stereocenters. The first kappa shape index (κ1) is 18.0. The number of carbonyl (C=O) groups excluding carboxylic acids is 1. The second kappa shape index (κ2) is 7.33. The number of rotatable bonds is 4. The summed E-state index contributed by atoms with van der Waals surface area (Å²) in [6.07, 6.45) is 1.46. The minimum absolute atomic E-state index is 0.0107. The van der Waals surface area contributed by atoms with Crippen LogP contribution in [0.1, 0.15) is 24.0 Å². The van der Waals surface area contributed by atoms with Crippen LogP contribution in [0.4, 0.5) is 0 Å². The Morgan fingerprint density at radius 3 is 2.41 bits per heavy atom. The maximum absolute atomic E-state index is 12.7. The lowest BCUT2D eigenvalue weighted by atomic mass is 9.88. The van der Waals surface area contributed by atoms with Gasteiger partial charge in [-0.15, -0.1) is 0 Å². The largest absolute Gasteiger partial charge is 0.497 e. The van der Waals surface area contributed by atoms with Crippen molar-refractivity contribution in [3.05, 3.63) is 64.7 Å². The second-order valence-corrected chi connectivity index (χ2v) is 7.51. The van der Waals surface area contributed by atoms with Gasteiger partial charge in [-0.2, -0.15) is 0 Å². The number of likely N-dealkylation sites (tertiary alicyclic amines) is 1. The highest BCUT2D eigenvalue weighted by molar-refractivity contribution is 6.30. The van der Waals surface area contributed by atoms with Gasteiger partial charge in [0.15, 0.2) is 0 Å². The van der Waals surface area contributed by atoms with Crippen molar-refractivity contribution in [1.29, 1.82) is 0 Å². The first-order valence-electron chi connectivity index (χ1n) is 9.10. The number of methoxy groups -OCH3 is 1. The number of amides is 1. The first-order valence-corrected chi connectivity index (χ1v) is 9.48.